The van der Waals surface area contributed by atoms with Crippen molar-refractivity contribution >= 4 is 11.6 Å². The number of halogens is 2. The van der Waals surface area contributed by atoms with Crippen LogP contribution in [0.4, 0.5) is 4.39 Å². The van der Waals surface area contributed by atoms with E-state index in [1.165, 1.54) is 6.07 Å². The fourth-order valence-electron chi connectivity index (χ4n) is 1.78. The molecule has 1 atom stereocenters. The fourth-order valence-corrected chi connectivity index (χ4v) is 2.11. The summed E-state index contributed by atoms with van der Waals surface area (Å²) >= 11 is 5.70. The van der Waals surface area contributed by atoms with Gasteiger partial charge in [0.1, 0.15) is 5.82 Å². The molecule has 0 aromatic heterocycles. The minimum absolute atomic E-state index is 0.0670. The Labute approximate surface area is 113 Å². The van der Waals surface area contributed by atoms with Gasteiger partial charge >= 0.3 is 0 Å². The summed E-state index contributed by atoms with van der Waals surface area (Å²) in [6, 6.07) is 3.12. The van der Waals surface area contributed by atoms with Crippen molar-refractivity contribution in [2.75, 3.05) is 19.1 Å². The molecule has 18 heavy (non-hydrogen) atoms. The van der Waals surface area contributed by atoms with Gasteiger partial charge in [0.05, 0.1) is 13.2 Å². The van der Waals surface area contributed by atoms with E-state index in [4.69, 9.17) is 21.1 Å². The van der Waals surface area contributed by atoms with Crippen LogP contribution in [-0.2, 0) is 0 Å². The Bertz CT molecular complexity index is 382. The summed E-state index contributed by atoms with van der Waals surface area (Å²) in [6.45, 7) is 6.71. The van der Waals surface area contributed by atoms with Crippen molar-refractivity contribution in [3.63, 3.8) is 0 Å². The van der Waals surface area contributed by atoms with Gasteiger partial charge in [-0.1, -0.05) is 6.92 Å². The van der Waals surface area contributed by atoms with Crippen molar-refractivity contribution in [1.29, 1.82) is 0 Å². The lowest BCUT2D eigenvalue weighted by Gasteiger charge is -2.16. The zero-order valence-corrected chi connectivity index (χ0v) is 11.9. The minimum atomic E-state index is -0.264. The second-order valence-electron chi connectivity index (χ2n) is 4.07. The first-order valence-corrected chi connectivity index (χ1v) is 6.82. The maximum Gasteiger partial charge on any atom is 0.164 e. The average Bonchev–Trinajstić information content (AvgIpc) is 2.33. The number of hydrogen-bond acceptors (Lipinski definition) is 2. The molecule has 4 heteroatoms. The predicted molar refractivity (Wildman–Crippen MR) is 72.5 cm³/mol. The first-order chi connectivity index (χ1) is 8.63. The summed E-state index contributed by atoms with van der Waals surface area (Å²) in [4.78, 5) is 0. The van der Waals surface area contributed by atoms with Crippen molar-refractivity contribution in [3.8, 4) is 11.5 Å². The highest BCUT2D eigenvalue weighted by Crippen LogP contribution is 2.34. The molecule has 0 radical (unpaired) electrons. The summed E-state index contributed by atoms with van der Waals surface area (Å²) in [5.74, 6) is 1.37. The van der Waals surface area contributed by atoms with E-state index in [0.717, 1.165) is 6.42 Å². The molecule has 0 aliphatic rings. The quantitative estimate of drug-likeness (QED) is 0.688. The molecule has 0 spiro atoms. The standard InChI is InChI=1S/C14H20ClFO2/c1-4-17-13-8-11(10(3)6-7-15)12(16)9-14(13)18-5-2/h8-10H,4-7H2,1-3H3. The van der Waals surface area contributed by atoms with Crippen LogP contribution in [-0.4, -0.2) is 19.1 Å². The van der Waals surface area contributed by atoms with Gasteiger partial charge < -0.3 is 9.47 Å². The number of rotatable bonds is 7. The average molecular weight is 275 g/mol. The van der Waals surface area contributed by atoms with Crippen molar-refractivity contribution in [2.45, 2.75) is 33.1 Å². The van der Waals surface area contributed by atoms with Gasteiger partial charge in [0.15, 0.2) is 11.5 Å². The summed E-state index contributed by atoms with van der Waals surface area (Å²) in [6.07, 6.45) is 0.734. The van der Waals surface area contributed by atoms with Crippen LogP contribution in [0.2, 0.25) is 0 Å². The molecule has 1 rings (SSSR count). The predicted octanol–water partition coefficient (Wildman–Crippen LogP) is 4.36. The smallest absolute Gasteiger partial charge is 0.164 e. The third-order valence-electron chi connectivity index (χ3n) is 2.74. The van der Waals surface area contributed by atoms with Gasteiger partial charge in [0, 0.05) is 11.9 Å². The van der Waals surface area contributed by atoms with Crippen LogP contribution < -0.4 is 9.47 Å². The number of hydrogen-bond donors (Lipinski definition) is 0. The zero-order valence-electron chi connectivity index (χ0n) is 11.1. The van der Waals surface area contributed by atoms with Gasteiger partial charge in [-0.25, -0.2) is 4.39 Å². The number of ether oxygens (including phenoxy) is 2. The lowest BCUT2D eigenvalue weighted by molar-refractivity contribution is 0.285. The lowest BCUT2D eigenvalue weighted by atomic mass is 9.97. The number of benzene rings is 1. The Morgan fingerprint density at radius 2 is 1.72 bits per heavy atom. The van der Waals surface area contributed by atoms with Gasteiger partial charge in [0.25, 0.3) is 0 Å². The van der Waals surface area contributed by atoms with E-state index in [-0.39, 0.29) is 11.7 Å². The Kier molecular flexibility index (Phi) is 6.27. The molecule has 1 unspecified atom stereocenters. The fraction of sp³-hybridized carbons (Fsp3) is 0.571. The molecule has 0 saturated carbocycles. The molecule has 0 fully saturated rings. The van der Waals surface area contributed by atoms with E-state index in [2.05, 4.69) is 0 Å². The highest BCUT2D eigenvalue weighted by Gasteiger charge is 2.16. The van der Waals surface area contributed by atoms with Crippen molar-refractivity contribution < 1.29 is 13.9 Å². The maximum absolute atomic E-state index is 14.0. The van der Waals surface area contributed by atoms with Crippen LogP contribution >= 0.6 is 11.6 Å². The monoisotopic (exact) mass is 274 g/mol. The van der Waals surface area contributed by atoms with Crippen LogP contribution in [0.3, 0.4) is 0 Å². The lowest BCUT2D eigenvalue weighted by Crippen LogP contribution is -2.04. The minimum Gasteiger partial charge on any atom is -0.490 e. The normalized spacial score (nSPS) is 12.3. The molecule has 0 heterocycles. The molecule has 2 nitrogen and oxygen atoms in total. The molecule has 1 aromatic rings. The van der Waals surface area contributed by atoms with Crippen LogP contribution in [0, 0.1) is 5.82 Å². The summed E-state index contributed by atoms with van der Waals surface area (Å²) < 4.78 is 24.9. The molecule has 0 aliphatic heterocycles. The molecule has 0 N–H and O–H groups in total. The second kappa shape index (κ2) is 7.47. The first-order valence-electron chi connectivity index (χ1n) is 6.29. The topological polar surface area (TPSA) is 18.5 Å². The van der Waals surface area contributed by atoms with E-state index in [0.29, 0.717) is 36.2 Å². The summed E-state index contributed by atoms with van der Waals surface area (Å²) in [5.41, 5.74) is 0.627. The molecule has 102 valence electrons. The molecule has 0 aliphatic carbocycles. The van der Waals surface area contributed by atoms with Crippen molar-refractivity contribution in [1.82, 2.24) is 0 Å². The van der Waals surface area contributed by atoms with E-state index >= 15 is 0 Å². The van der Waals surface area contributed by atoms with E-state index in [1.54, 1.807) is 6.07 Å². The Morgan fingerprint density at radius 1 is 1.17 bits per heavy atom. The van der Waals surface area contributed by atoms with Crippen LogP contribution in [0.15, 0.2) is 12.1 Å². The Balaban J connectivity index is 3.09. The maximum atomic E-state index is 14.0. The SMILES string of the molecule is CCOc1cc(F)c(C(C)CCCl)cc1OCC. The molecule has 1 aromatic carbocycles. The summed E-state index contributed by atoms with van der Waals surface area (Å²) in [7, 11) is 0. The van der Waals surface area contributed by atoms with E-state index in [9.17, 15) is 4.39 Å². The van der Waals surface area contributed by atoms with Gasteiger partial charge in [-0.3, -0.25) is 0 Å². The molecule has 0 amide bonds. The van der Waals surface area contributed by atoms with E-state index < -0.39 is 0 Å². The summed E-state index contributed by atoms with van der Waals surface area (Å²) in [5, 5.41) is 0. The van der Waals surface area contributed by atoms with Crippen molar-refractivity contribution in [2.24, 2.45) is 0 Å². The third kappa shape index (κ3) is 3.77. The van der Waals surface area contributed by atoms with Gasteiger partial charge in [-0.05, 0) is 37.8 Å². The number of alkyl halides is 1. The molecular formula is C14H20ClFO2. The second-order valence-corrected chi connectivity index (χ2v) is 4.44. The Hall–Kier alpha value is -0.960. The van der Waals surface area contributed by atoms with E-state index in [1.807, 2.05) is 20.8 Å². The van der Waals surface area contributed by atoms with Crippen LogP contribution in [0.5, 0.6) is 11.5 Å². The zero-order chi connectivity index (χ0) is 13.5. The van der Waals surface area contributed by atoms with Crippen LogP contribution in [0.1, 0.15) is 38.7 Å². The van der Waals surface area contributed by atoms with Gasteiger partial charge in [0.2, 0.25) is 0 Å². The van der Waals surface area contributed by atoms with Gasteiger partial charge in [-0.15, -0.1) is 11.6 Å². The van der Waals surface area contributed by atoms with Crippen LogP contribution in [0.25, 0.3) is 0 Å². The highest BCUT2D eigenvalue weighted by atomic mass is 35.5. The molecule has 0 bridgehead atoms. The Morgan fingerprint density at radius 3 is 2.22 bits per heavy atom. The molecule has 0 saturated heterocycles. The van der Waals surface area contributed by atoms with Crippen molar-refractivity contribution in [3.05, 3.63) is 23.5 Å². The first kappa shape index (κ1) is 15.1. The van der Waals surface area contributed by atoms with Gasteiger partial charge in [-0.2, -0.15) is 0 Å². The largest absolute Gasteiger partial charge is 0.490 e. The molecular weight excluding hydrogens is 255 g/mol. The highest BCUT2D eigenvalue weighted by molar-refractivity contribution is 6.17. The third-order valence-corrected chi connectivity index (χ3v) is 2.95.